The molecule has 0 fully saturated rings. The summed E-state index contributed by atoms with van der Waals surface area (Å²) in [6.45, 7) is -0.687. The third-order valence-electron chi connectivity index (χ3n) is 1.81. The zero-order valence-corrected chi connectivity index (χ0v) is 9.71. The van der Waals surface area contributed by atoms with Crippen LogP contribution in [-0.4, -0.2) is 100 Å². The quantitative estimate of drug-likeness (QED) is 0.201. The molecule has 0 bridgehead atoms. The van der Waals surface area contributed by atoms with Gasteiger partial charge in [-0.15, -0.1) is 30.3 Å². The van der Waals surface area contributed by atoms with Gasteiger partial charge in [-0.25, -0.2) is 0 Å². The maximum atomic E-state index is 9.92. The highest BCUT2D eigenvalue weighted by Crippen LogP contribution is 1.91. The largest absolute Gasteiger partial charge is 0.316 e. The van der Waals surface area contributed by atoms with Crippen LogP contribution in [0.5, 0.6) is 0 Å². The van der Waals surface area contributed by atoms with Gasteiger partial charge < -0.3 is 14.5 Å². The second-order valence-electron chi connectivity index (χ2n) is 3.01. The van der Waals surface area contributed by atoms with Crippen molar-refractivity contribution in [2.45, 2.75) is 0 Å². The van der Waals surface area contributed by atoms with Crippen LogP contribution in [0, 0.1) is 30.3 Å². The van der Waals surface area contributed by atoms with Crippen LogP contribution in [0.4, 0.5) is 0 Å². The minimum Gasteiger partial charge on any atom is -0.313 e. The Kier molecular flexibility index (Phi) is 18.0. The fourth-order valence-corrected chi connectivity index (χ4v) is 1.07. The van der Waals surface area contributed by atoms with E-state index in [4.69, 9.17) is 0 Å². The minimum atomic E-state index is -0.987. The smallest absolute Gasteiger partial charge is 0.313 e. The Bertz CT molecular complexity index is 275. The highest BCUT2D eigenvalue weighted by atomic mass is 27.0. The number of rotatable bonds is 12. The van der Waals surface area contributed by atoms with Gasteiger partial charge in [0.05, 0.1) is 0 Å². The van der Waals surface area contributed by atoms with Gasteiger partial charge in [0.15, 0.2) is 17.4 Å². The predicted molar refractivity (Wildman–Crippen MR) is 73.8 cm³/mol. The van der Waals surface area contributed by atoms with Crippen molar-refractivity contribution in [1.82, 2.24) is 4.90 Å². The number of hydrogen-bond donors (Lipinski definition) is 0. The van der Waals surface area contributed by atoms with Gasteiger partial charge in [-0.3, -0.25) is 4.90 Å². The second kappa shape index (κ2) is 15.3. The van der Waals surface area contributed by atoms with E-state index in [9.17, 15) is 30.3 Å². The Labute approximate surface area is 145 Å². The Morgan fingerprint density at radius 2 is 0.952 bits per heavy atom. The van der Waals surface area contributed by atoms with E-state index in [1.807, 2.05) is 0 Å². The zero-order chi connectivity index (χ0) is 14.7. The fraction of sp³-hybridized carbons (Fsp3) is 1.00. The van der Waals surface area contributed by atoms with E-state index >= 15 is 0 Å². The molecule has 13 nitrogen and oxygen atoms in total. The summed E-state index contributed by atoms with van der Waals surface area (Å²) in [4.78, 5) is 43.4. The van der Waals surface area contributed by atoms with E-state index in [0.29, 0.717) is 0 Å². The van der Waals surface area contributed by atoms with Crippen LogP contribution in [0.1, 0.15) is 0 Å². The van der Waals surface area contributed by atoms with E-state index < -0.39 is 15.3 Å². The molecule has 0 radical (unpaired) electrons. The molecule has 0 spiro atoms. The standard InChI is InChI=1S/C6H12N4O9.Al.Mg.5H/c11-8(12)17-4-1-7(2-5-18-9(13)14)3-6-19-10(15)16;;;;;;;/h1-6H2;;;;;;;. The molecule has 0 aromatic rings. The lowest BCUT2D eigenvalue weighted by Crippen LogP contribution is -2.35. The molecule has 0 saturated carbocycles. The van der Waals surface area contributed by atoms with E-state index in [2.05, 4.69) is 14.5 Å². The predicted octanol–water partition coefficient (Wildman–Crippen LogP) is -3.19. The summed E-state index contributed by atoms with van der Waals surface area (Å²) in [6.07, 6.45) is 0. The summed E-state index contributed by atoms with van der Waals surface area (Å²) < 4.78 is 0. The van der Waals surface area contributed by atoms with Crippen LogP contribution in [0.2, 0.25) is 0 Å². The van der Waals surface area contributed by atoms with Crippen LogP contribution >= 0.6 is 0 Å². The lowest BCUT2D eigenvalue weighted by molar-refractivity contribution is -0.760. The molecular formula is C6H17AlMgN4O9. The lowest BCUT2D eigenvalue weighted by atomic mass is 10.4. The molecule has 15 heteroatoms. The van der Waals surface area contributed by atoms with Gasteiger partial charge in [0, 0.05) is 19.6 Å². The van der Waals surface area contributed by atoms with Crippen molar-refractivity contribution in [2.75, 3.05) is 39.5 Å². The molecule has 0 unspecified atom stereocenters. The Morgan fingerprint density at radius 1 is 0.714 bits per heavy atom. The topological polar surface area (TPSA) is 160 Å². The van der Waals surface area contributed by atoms with Crippen molar-refractivity contribution in [2.24, 2.45) is 0 Å². The highest BCUT2D eigenvalue weighted by Gasteiger charge is 2.08. The monoisotopic (exact) mass is 340 g/mol. The maximum Gasteiger partial charge on any atom is 0.316 e. The highest BCUT2D eigenvalue weighted by molar-refractivity contribution is 5.76. The minimum absolute atomic E-state index is 0. The van der Waals surface area contributed by atoms with Gasteiger partial charge in [0.1, 0.15) is 19.8 Å². The van der Waals surface area contributed by atoms with E-state index in [1.165, 1.54) is 4.90 Å². The second-order valence-corrected chi connectivity index (χ2v) is 3.01. The lowest BCUT2D eigenvalue weighted by Gasteiger charge is -2.20. The van der Waals surface area contributed by atoms with Gasteiger partial charge in [-0.2, -0.15) is 0 Å². The van der Waals surface area contributed by atoms with Crippen LogP contribution in [0.15, 0.2) is 0 Å². The van der Waals surface area contributed by atoms with Gasteiger partial charge in [-0.1, -0.05) is 0 Å². The van der Waals surface area contributed by atoms with Crippen molar-refractivity contribution >= 4 is 40.4 Å². The summed E-state index contributed by atoms with van der Waals surface area (Å²) >= 11 is 0. The molecule has 0 aromatic carbocycles. The summed E-state index contributed by atoms with van der Waals surface area (Å²) in [5.74, 6) is 0. The molecule has 0 heterocycles. The normalized spacial score (nSPS) is 9.00. The molecule has 21 heavy (non-hydrogen) atoms. The summed E-state index contributed by atoms with van der Waals surface area (Å²) in [7, 11) is 0. The molecule has 0 rings (SSSR count). The molecule has 0 atom stereocenters. The molecule has 0 saturated heterocycles. The van der Waals surface area contributed by atoms with Crippen LogP contribution in [0.25, 0.3) is 0 Å². The average Bonchev–Trinajstić information content (AvgIpc) is 2.26. The first-order valence-corrected chi connectivity index (χ1v) is 4.96. The number of hydrogen-bond acceptors (Lipinski definition) is 10. The SMILES string of the molecule is O=[N+]([O-])OCCN(CCO[N+](=O)[O-])CCO[N+](=O)[O-].[AlH3].[MgH2]. The Balaban J connectivity index is -0.00000162. The van der Waals surface area contributed by atoms with Crippen LogP contribution in [0.3, 0.4) is 0 Å². The van der Waals surface area contributed by atoms with Crippen LogP contribution < -0.4 is 0 Å². The maximum absolute atomic E-state index is 9.92. The molecule has 0 aliphatic heterocycles. The van der Waals surface area contributed by atoms with E-state index in [1.54, 1.807) is 0 Å². The molecule has 0 amide bonds. The molecule has 0 aliphatic rings. The van der Waals surface area contributed by atoms with Crippen molar-refractivity contribution in [3.63, 3.8) is 0 Å². The van der Waals surface area contributed by atoms with Gasteiger partial charge >= 0.3 is 23.1 Å². The van der Waals surface area contributed by atoms with Crippen molar-refractivity contribution < 1.29 is 29.8 Å². The summed E-state index contributed by atoms with van der Waals surface area (Å²) in [5, 5.41) is 26.8. The molecule has 0 N–H and O–H groups in total. The average molecular weight is 341 g/mol. The van der Waals surface area contributed by atoms with Crippen molar-refractivity contribution in [1.29, 1.82) is 0 Å². The third-order valence-corrected chi connectivity index (χ3v) is 1.81. The van der Waals surface area contributed by atoms with E-state index in [-0.39, 0.29) is 79.9 Å². The molecule has 0 aromatic heterocycles. The Morgan fingerprint density at radius 3 is 1.14 bits per heavy atom. The third kappa shape index (κ3) is 18.9. The first-order valence-electron chi connectivity index (χ1n) is 4.96. The zero-order valence-electron chi connectivity index (χ0n) is 9.71. The molecule has 120 valence electrons. The van der Waals surface area contributed by atoms with Gasteiger partial charge in [0.2, 0.25) is 0 Å². The summed E-state index contributed by atoms with van der Waals surface area (Å²) in [6, 6.07) is 0. The first-order chi connectivity index (χ1) is 8.91. The van der Waals surface area contributed by atoms with Crippen molar-refractivity contribution in [3.8, 4) is 0 Å². The van der Waals surface area contributed by atoms with E-state index in [0.717, 1.165) is 0 Å². The van der Waals surface area contributed by atoms with Gasteiger partial charge in [-0.05, 0) is 0 Å². The summed E-state index contributed by atoms with van der Waals surface area (Å²) in [5.41, 5.74) is 0. The molecule has 0 aliphatic carbocycles. The van der Waals surface area contributed by atoms with Gasteiger partial charge in [0.25, 0.3) is 15.3 Å². The van der Waals surface area contributed by atoms with Crippen molar-refractivity contribution in [3.05, 3.63) is 30.3 Å². The molecular weight excluding hydrogens is 323 g/mol. The Hall–Kier alpha value is -1.14. The first kappa shape index (κ1) is 24.8. The van der Waals surface area contributed by atoms with Crippen LogP contribution in [-0.2, 0) is 14.5 Å². The number of nitrogens with zero attached hydrogens (tertiary/aromatic N) is 4. The fourth-order valence-electron chi connectivity index (χ4n) is 1.07.